The summed E-state index contributed by atoms with van der Waals surface area (Å²) in [5.74, 6) is 3.05. The molecule has 5 rings (SSSR count). The van der Waals surface area contributed by atoms with E-state index in [0.717, 1.165) is 34.8 Å². The van der Waals surface area contributed by atoms with Crippen molar-refractivity contribution in [2.45, 2.75) is 35.8 Å². The molecular weight excluding hydrogens is 442 g/mol. The highest BCUT2D eigenvalue weighted by atomic mass is 32.2. The van der Waals surface area contributed by atoms with Crippen LogP contribution in [0.1, 0.15) is 40.5 Å². The van der Waals surface area contributed by atoms with Crippen LogP contribution >= 0.6 is 11.8 Å². The number of amides is 1. The predicted molar refractivity (Wildman–Crippen MR) is 122 cm³/mol. The standard InChI is InChI=1S/C24H25N3O5S/c1-16-26-22(32-27-16)13-33-21-5-3-2-4-18(21)23(28)25-14-24(8-10-29-11-9-24)17-6-7-19-20(12-17)31-15-30-19/h2-7,12H,8-11,13-15H2,1H3,(H,25,28). The third-order valence-electron chi connectivity index (χ3n) is 6.07. The van der Waals surface area contributed by atoms with Gasteiger partial charge in [0.25, 0.3) is 5.91 Å². The van der Waals surface area contributed by atoms with Gasteiger partial charge in [-0.15, -0.1) is 11.8 Å². The van der Waals surface area contributed by atoms with Crippen molar-refractivity contribution in [3.63, 3.8) is 0 Å². The fourth-order valence-electron chi connectivity index (χ4n) is 4.22. The summed E-state index contributed by atoms with van der Waals surface area (Å²) >= 11 is 1.50. The van der Waals surface area contributed by atoms with Crippen molar-refractivity contribution in [1.29, 1.82) is 0 Å². The van der Waals surface area contributed by atoms with Crippen molar-refractivity contribution in [2.75, 3.05) is 26.6 Å². The Morgan fingerprint density at radius 1 is 1.12 bits per heavy atom. The van der Waals surface area contributed by atoms with Crippen LogP contribution in [-0.4, -0.2) is 42.6 Å². The summed E-state index contributed by atoms with van der Waals surface area (Å²) in [5, 5.41) is 7.01. The van der Waals surface area contributed by atoms with Crippen molar-refractivity contribution in [3.05, 3.63) is 65.3 Å². The molecule has 2 aliphatic rings. The zero-order chi connectivity index (χ0) is 22.7. The van der Waals surface area contributed by atoms with Gasteiger partial charge in [0.15, 0.2) is 17.3 Å². The number of aryl methyl sites for hydroxylation is 1. The Hall–Kier alpha value is -3.04. The van der Waals surface area contributed by atoms with Crippen molar-refractivity contribution in [3.8, 4) is 11.5 Å². The molecule has 0 bridgehead atoms. The first-order chi connectivity index (χ1) is 16.1. The maximum atomic E-state index is 13.2. The number of thioether (sulfide) groups is 1. The van der Waals surface area contributed by atoms with Gasteiger partial charge in [0.2, 0.25) is 12.7 Å². The van der Waals surface area contributed by atoms with Crippen molar-refractivity contribution < 1.29 is 23.5 Å². The monoisotopic (exact) mass is 467 g/mol. The van der Waals surface area contributed by atoms with Gasteiger partial charge in [-0.2, -0.15) is 4.98 Å². The Labute approximate surface area is 196 Å². The molecule has 2 aliphatic heterocycles. The van der Waals surface area contributed by atoms with E-state index in [1.807, 2.05) is 36.4 Å². The van der Waals surface area contributed by atoms with E-state index >= 15 is 0 Å². The maximum Gasteiger partial charge on any atom is 0.252 e. The summed E-state index contributed by atoms with van der Waals surface area (Å²) < 4.78 is 21.9. The number of nitrogens with zero attached hydrogens (tertiary/aromatic N) is 2. The number of hydrogen-bond acceptors (Lipinski definition) is 8. The number of carbonyl (C=O) groups is 1. The summed E-state index contributed by atoms with van der Waals surface area (Å²) in [7, 11) is 0. The Balaban J connectivity index is 1.31. The number of benzene rings is 2. The number of hydrogen-bond donors (Lipinski definition) is 1. The Morgan fingerprint density at radius 3 is 2.76 bits per heavy atom. The van der Waals surface area contributed by atoms with Gasteiger partial charge in [-0.3, -0.25) is 4.79 Å². The SMILES string of the molecule is Cc1noc(CSc2ccccc2C(=O)NCC2(c3ccc4c(c3)OCO4)CCOCC2)n1. The van der Waals surface area contributed by atoms with Crippen molar-refractivity contribution in [2.24, 2.45) is 0 Å². The van der Waals surface area contributed by atoms with Crippen molar-refractivity contribution >= 4 is 17.7 Å². The molecule has 9 heteroatoms. The molecule has 0 radical (unpaired) electrons. The molecule has 172 valence electrons. The molecule has 2 aromatic carbocycles. The first-order valence-corrected chi connectivity index (χ1v) is 11.9. The van der Waals surface area contributed by atoms with E-state index < -0.39 is 0 Å². The molecule has 0 saturated carbocycles. The van der Waals surface area contributed by atoms with E-state index in [9.17, 15) is 4.79 Å². The van der Waals surface area contributed by atoms with Gasteiger partial charge in [0.05, 0.1) is 11.3 Å². The lowest BCUT2D eigenvalue weighted by Gasteiger charge is -2.38. The Kier molecular flexibility index (Phi) is 6.24. The topological polar surface area (TPSA) is 95.7 Å². The minimum atomic E-state index is -0.224. The molecule has 0 atom stereocenters. The second-order valence-electron chi connectivity index (χ2n) is 8.16. The van der Waals surface area contributed by atoms with E-state index in [0.29, 0.717) is 42.8 Å². The van der Waals surface area contributed by atoms with Crippen LogP contribution in [0.4, 0.5) is 0 Å². The fraction of sp³-hybridized carbons (Fsp3) is 0.375. The minimum absolute atomic E-state index is 0.105. The molecule has 1 amide bonds. The van der Waals surface area contributed by atoms with Crippen LogP contribution in [0, 0.1) is 6.92 Å². The van der Waals surface area contributed by atoms with Gasteiger partial charge in [0.1, 0.15) is 0 Å². The van der Waals surface area contributed by atoms with E-state index in [1.54, 1.807) is 6.92 Å². The van der Waals surface area contributed by atoms with Crippen LogP contribution in [0.15, 0.2) is 51.9 Å². The number of fused-ring (bicyclic) bond motifs is 1. The highest BCUT2D eigenvalue weighted by Gasteiger charge is 2.36. The minimum Gasteiger partial charge on any atom is -0.454 e. The lowest BCUT2D eigenvalue weighted by atomic mass is 9.74. The Bertz CT molecular complexity index is 1140. The molecule has 1 aromatic heterocycles. The van der Waals surface area contributed by atoms with E-state index in [2.05, 4.69) is 21.5 Å². The average molecular weight is 468 g/mol. The third kappa shape index (κ3) is 4.69. The highest BCUT2D eigenvalue weighted by molar-refractivity contribution is 7.98. The molecule has 1 N–H and O–H groups in total. The van der Waals surface area contributed by atoms with Crippen LogP contribution in [0.3, 0.4) is 0 Å². The summed E-state index contributed by atoms with van der Waals surface area (Å²) in [5.41, 5.74) is 1.54. The molecule has 0 unspecified atom stereocenters. The lowest BCUT2D eigenvalue weighted by Crippen LogP contribution is -2.44. The first kappa shape index (κ1) is 21.8. The third-order valence-corrected chi connectivity index (χ3v) is 7.13. The van der Waals surface area contributed by atoms with Crippen LogP contribution < -0.4 is 14.8 Å². The Morgan fingerprint density at radius 2 is 1.94 bits per heavy atom. The molecule has 0 spiro atoms. The van der Waals surface area contributed by atoms with E-state index in [4.69, 9.17) is 18.7 Å². The van der Waals surface area contributed by atoms with Gasteiger partial charge < -0.3 is 24.1 Å². The molecule has 0 aliphatic carbocycles. The molecule has 8 nitrogen and oxygen atoms in total. The van der Waals surface area contributed by atoms with Gasteiger partial charge in [0, 0.05) is 30.1 Å². The average Bonchev–Trinajstić information content (AvgIpc) is 3.50. The summed E-state index contributed by atoms with van der Waals surface area (Å²) in [4.78, 5) is 18.3. The molecule has 3 aromatic rings. The quantitative estimate of drug-likeness (QED) is 0.523. The van der Waals surface area contributed by atoms with E-state index in [-0.39, 0.29) is 18.1 Å². The maximum absolute atomic E-state index is 13.2. The molecule has 3 heterocycles. The normalized spacial score (nSPS) is 16.5. The van der Waals surface area contributed by atoms with Crippen LogP contribution in [0.2, 0.25) is 0 Å². The summed E-state index contributed by atoms with van der Waals surface area (Å²) in [6.07, 6.45) is 1.64. The summed E-state index contributed by atoms with van der Waals surface area (Å²) in [6, 6.07) is 13.6. The number of aromatic nitrogens is 2. The zero-order valence-electron chi connectivity index (χ0n) is 18.3. The molecule has 33 heavy (non-hydrogen) atoms. The van der Waals surface area contributed by atoms with Crippen LogP contribution in [0.5, 0.6) is 11.5 Å². The van der Waals surface area contributed by atoms with Gasteiger partial charge in [-0.05, 0) is 49.6 Å². The fourth-order valence-corrected chi connectivity index (χ4v) is 5.11. The van der Waals surface area contributed by atoms with Gasteiger partial charge >= 0.3 is 0 Å². The smallest absolute Gasteiger partial charge is 0.252 e. The molecular formula is C24H25N3O5S. The second-order valence-corrected chi connectivity index (χ2v) is 9.18. The number of nitrogens with one attached hydrogen (secondary N) is 1. The number of rotatable bonds is 7. The molecule has 1 fully saturated rings. The predicted octanol–water partition coefficient (Wildman–Crippen LogP) is 3.88. The second kappa shape index (κ2) is 9.44. The number of carbonyl (C=O) groups excluding carboxylic acids is 1. The van der Waals surface area contributed by atoms with Gasteiger partial charge in [-0.1, -0.05) is 23.4 Å². The highest BCUT2D eigenvalue weighted by Crippen LogP contribution is 2.40. The van der Waals surface area contributed by atoms with E-state index in [1.165, 1.54) is 11.8 Å². The lowest BCUT2D eigenvalue weighted by molar-refractivity contribution is 0.0486. The van der Waals surface area contributed by atoms with Gasteiger partial charge in [-0.25, -0.2) is 0 Å². The zero-order valence-corrected chi connectivity index (χ0v) is 19.2. The molecule has 1 saturated heterocycles. The van der Waals surface area contributed by atoms with Crippen LogP contribution in [0.25, 0.3) is 0 Å². The van der Waals surface area contributed by atoms with Crippen molar-refractivity contribution in [1.82, 2.24) is 15.5 Å². The largest absolute Gasteiger partial charge is 0.454 e. The van der Waals surface area contributed by atoms with Crippen LogP contribution in [-0.2, 0) is 15.9 Å². The summed E-state index contributed by atoms with van der Waals surface area (Å²) in [6.45, 7) is 3.84. The number of ether oxygens (including phenoxy) is 3. The first-order valence-electron chi connectivity index (χ1n) is 10.9.